The van der Waals surface area contributed by atoms with E-state index in [0.717, 1.165) is 24.3 Å². The molecular formula is C34H19F10N9O5. The van der Waals surface area contributed by atoms with E-state index in [1.54, 1.807) is 0 Å². The van der Waals surface area contributed by atoms with Gasteiger partial charge in [0, 0.05) is 21.6 Å². The summed E-state index contributed by atoms with van der Waals surface area (Å²) in [4.78, 5) is 32.9. The number of hydrogen-bond acceptors (Lipinski definition) is 8. The van der Waals surface area contributed by atoms with E-state index in [1.807, 2.05) is 0 Å². The molecule has 0 radical (unpaired) electrons. The quantitative estimate of drug-likeness (QED) is 0.0609. The fourth-order valence-electron chi connectivity index (χ4n) is 4.41. The van der Waals surface area contributed by atoms with Crippen molar-refractivity contribution < 1.29 is 68.1 Å². The van der Waals surface area contributed by atoms with Gasteiger partial charge in [0.05, 0.1) is 16.9 Å². The molecule has 6 aromatic rings. The van der Waals surface area contributed by atoms with Crippen molar-refractivity contribution in [2.24, 2.45) is 5.11 Å². The third kappa shape index (κ3) is 9.84. The standard InChI is InChI=1S/C17H9F5N6O2.C17H10F5N3O3/c18-16(19,20)17(21,22)30-13-7-5-12(6-8-13)28-9-24-14(26-28)10-1-3-11(4-2-10)15(29)25-27-23;18-16(19,20)17(21,22)28-13-7-5-12(6-8-13)25-9-23-14(24-25)10-1-3-11(4-2-10)15(26)27/h1-9H;1-9H,(H,26,27). The molecule has 24 heteroatoms. The van der Waals surface area contributed by atoms with Crippen molar-refractivity contribution in [3.63, 3.8) is 0 Å². The van der Waals surface area contributed by atoms with Gasteiger partial charge in [-0.25, -0.2) is 24.1 Å². The molecule has 0 aliphatic carbocycles. The molecule has 1 N–H and O–H groups in total. The Morgan fingerprint density at radius 2 is 0.948 bits per heavy atom. The zero-order valence-corrected chi connectivity index (χ0v) is 28.3. The Labute approximate surface area is 316 Å². The number of amides is 1. The maximum absolute atomic E-state index is 12.9. The number of carbonyl (C=O) groups excluding carboxylic acids is 1. The van der Waals surface area contributed by atoms with Crippen LogP contribution in [0.4, 0.5) is 43.9 Å². The lowest BCUT2D eigenvalue weighted by atomic mass is 10.1. The Kier molecular flexibility index (Phi) is 11.7. The monoisotopic (exact) mass is 823 g/mol. The van der Waals surface area contributed by atoms with Gasteiger partial charge < -0.3 is 14.6 Å². The Morgan fingerprint density at radius 3 is 1.28 bits per heavy atom. The Bertz CT molecular complexity index is 2430. The van der Waals surface area contributed by atoms with Crippen molar-refractivity contribution in [2.45, 2.75) is 24.6 Å². The number of halogens is 10. The van der Waals surface area contributed by atoms with Crippen molar-refractivity contribution in [3.05, 3.63) is 131 Å². The average Bonchev–Trinajstić information content (AvgIpc) is 3.86. The van der Waals surface area contributed by atoms with Gasteiger partial charge in [0.2, 0.25) is 5.91 Å². The number of nitrogens with zero attached hydrogens (tertiary/aromatic N) is 9. The van der Waals surface area contributed by atoms with E-state index in [0.29, 0.717) is 22.5 Å². The number of rotatable bonds is 10. The predicted molar refractivity (Wildman–Crippen MR) is 177 cm³/mol. The first-order valence-corrected chi connectivity index (χ1v) is 15.5. The van der Waals surface area contributed by atoms with Crippen molar-refractivity contribution in [1.82, 2.24) is 29.5 Å². The van der Waals surface area contributed by atoms with Gasteiger partial charge in [-0.1, -0.05) is 36.4 Å². The van der Waals surface area contributed by atoms with Crippen molar-refractivity contribution >= 4 is 11.9 Å². The van der Waals surface area contributed by atoms with Gasteiger partial charge in [-0.15, -0.1) is 10.2 Å². The number of aromatic nitrogens is 6. The molecule has 0 saturated carbocycles. The van der Waals surface area contributed by atoms with E-state index in [2.05, 4.69) is 39.7 Å². The lowest BCUT2D eigenvalue weighted by Gasteiger charge is -2.20. The molecule has 0 atom stereocenters. The van der Waals surface area contributed by atoms with Gasteiger partial charge in [-0.05, 0) is 71.3 Å². The number of azide groups is 1. The minimum atomic E-state index is -5.84. The Hall–Kier alpha value is -7.49. The molecule has 0 fully saturated rings. The molecule has 1 amide bonds. The summed E-state index contributed by atoms with van der Waals surface area (Å²) in [5.41, 5.74) is 10.3. The Balaban J connectivity index is 0.000000221. The lowest BCUT2D eigenvalue weighted by molar-refractivity contribution is -0.360. The third-order valence-corrected chi connectivity index (χ3v) is 7.25. The molecule has 300 valence electrons. The van der Waals surface area contributed by atoms with Crippen LogP contribution in [-0.2, 0) is 0 Å². The van der Waals surface area contributed by atoms with E-state index in [1.165, 1.54) is 94.8 Å². The summed E-state index contributed by atoms with van der Waals surface area (Å²) >= 11 is 0. The zero-order valence-electron chi connectivity index (χ0n) is 28.3. The summed E-state index contributed by atoms with van der Waals surface area (Å²) in [7, 11) is 0. The highest BCUT2D eigenvalue weighted by Gasteiger charge is 2.62. The van der Waals surface area contributed by atoms with Gasteiger partial charge >= 0.3 is 30.5 Å². The van der Waals surface area contributed by atoms with Gasteiger partial charge in [0.15, 0.2) is 11.6 Å². The number of hydrogen-bond donors (Lipinski definition) is 1. The maximum Gasteiger partial charge on any atom is 0.499 e. The van der Waals surface area contributed by atoms with E-state index in [9.17, 15) is 53.5 Å². The highest BCUT2D eigenvalue weighted by molar-refractivity contribution is 5.95. The molecule has 14 nitrogen and oxygen atoms in total. The Morgan fingerprint density at radius 1 is 0.586 bits per heavy atom. The van der Waals surface area contributed by atoms with Gasteiger partial charge in [0.1, 0.15) is 24.2 Å². The summed E-state index contributed by atoms with van der Waals surface area (Å²) in [5, 5.41) is 20.2. The molecule has 4 aromatic carbocycles. The second-order valence-electron chi connectivity index (χ2n) is 11.2. The maximum atomic E-state index is 12.9. The number of carboxylic acid groups (broad SMARTS) is 1. The number of benzene rings is 4. The number of carbonyl (C=O) groups is 2. The van der Waals surface area contributed by atoms with Crippen LogP contribution in [0.25, 0.3) is 44.6 Å². The fraction of sp³-hybridized carbons (Fsp3) is 0.118. The second-order valence-corrected chi connectivity index (χ2v) is 11.2. The highest BCUT2D eigenvalue weighted by atomic mass is 19.4. The molecule has 0 spiro atoms. The molecule has 0 aliphatic heterocycles. The molecule has 6 rings (SSSR count). The molecule has 2 heterocycles. The van der Waals surface area contributed by atoms with Gasteiger partial charge in [-0.3, -0.25) is 4.79 Å². The van der Waals surface area contributed by atoms with Crippen molar-refractivity contribution in [3.8, 4) is 45.6 Å². The summed E-state index contributed by atoms with van der Waals surface area (Å²) in [6.45, 7) is 0. The summed E-state index contributed by atoms with van der Waals surface area (Å²) in [6.07, 6.45) is -19.7. The zero-order chi connectivity index (χ0) is 42.5. The van der Waals surface area contributed by atoms with Crippen LogP contribution in [0.15, 0.2) is 115 Å². The van der Waals surface area contributed by atoms with E-state index in [-0.39, 0.29) is 22.8 Å². The van der Waals surface area contributed by atoms with E-state index >= 15 is 0 Å². The normalized spacial score (nSPS) is 11.8. The van der Waals surface area contributed by atoms with Gasteiger partial charge in [-0.2, -0.15) is 43.9 Å². The van der Waals surface area contributed by atoms with Crippen molar-refractivity contribution in [2.75, 3.05) is 0 Å². The molecule has 0 unspecified atom stereocenters. The summed E-state index contributed by atoms with van der Waals surface area (Å²) < 4.78 is 135. The van der Waals surface area contributed by atoms with Gasteiger partial charge in [0.25, 0.3) is 0 Å². The first kappa shape index (κ1) is 41.7. The number of aromatic carboxylic acids is 1. The molecule has 0 saturated heterocycles. The largest absolute Gasteiger partial charge is 0.499 e. The van der Waals surface area contributed by atoms with Crippen LogP contribution in [0.3, 0.4) is 0 Å². The first-order chi connectivity index (χ1) is 27.2. The summed E-state index contributed by atoms with van der Waals surface area (Å²) in [5.74, 6) is -2.66. The molecule has 58 heavy (non-hydrogen) atoms. The smallest absolute Gasteiger partial charge is 0.478 e. The third-order valence-electron chi connectivity index (χ3n) is 7.25. The SMILES string of the molecule is O=C(O)c1ccc(-c2ncn(-c3ccc(OC(F)(F)C(F)(F)F)cc3)n2)cc1.[N-]=[N+]=NC(=O)c1ccc(-c2ncn(-c3ccc(OC(F)(F)C(F)(F)F)cc3)n2)cc1. The molecule has 0 bridgehead atoms. The topological polar surface area (TPSA) is 183 Å². The molecular weight excluding hydrogens is 804 g/mol. The van der Waals surface area contributed by atoms with Crippen LogP contribution in [0.1, 0.15) is 20.7 Å². The molecule has 0 aliphatic rings. The minimum Gasteiger partial charge on any atom is -0.478 e. The predicted octanol–water partition coefficient (Wildman–Crippen LogP) is 9.09. The van der Waals surface area contributed by atoms with E-state index < -0.39 is 47.9 Å². The van der Waals surface area contributed by atoms with Crippen LogP contribution >= 0.6 is 0 Å². The lowest BCUT2D eigenvalue weighted by Crippen LogP contribution is -2.41. The average molecular weight is 824 g/mol. The number of carboxylic acids is 1. The van der Waals surface area contributed by atoms with Crippen LogP contribution in [0.2, 0.25) is 0 Å². The fourth-order valence-corrected chi connectivity index (χ4v) is 4.41. The second kappa shape index (κ2) is 16.3. The van der Waals surface area contributed by atoms with Crippen LogP contribution in [-0.4, -0.2) is 71.1 Å². The van der Waals surface area contributed by atoms with Crippen LogP contribution in [0, 0.1) is 0 Å². The highest BCUT2D eigenvalue weighted by Crippen LogP contribution is 2.38. The van der Waals surface area contributed by atoms with Crippen LogP contribution < -0.4 is 9.47 Å². The number of ether oxygens (including phenoxy) is 2. The minimum absolute atomic E-state index is 0.0921. The van der Waals surface area contributed by atoms with E-state index in [4.69, 9.17) is 10.6 Å². The summed E-state index contributed by atoms with van der Waals surface area (Å²) in [6, 6.07) is 20.3. The first-order valence-electron chi connectivity index (χ1n) is 15.5. The van der Waals surface area contributed by atoms with Crippen molar-refractivity contribution in [1.29, 1.82) is 0 Å². The number of alkyl halides is 10. The molecule has 2 aromatic heterocycles. The van der Waals surface area contributed by atoms with Crippen LogP contribution in [0.5, 0.6) is 11.5 Å².